The van der Waals surface area contributed by atoms with Crippen LogP contribution in [0.4, 0.5) is 11.4 Å². The van der Waals surface area contributed by atoms with E-state index in [2.05, 4.69) is 5.32 Å². The largest absolute Gasteiger partial charge is 0.480 e. The van der Waals surface area contributed by atoms with Crippen molar-refractivity contribution in [2.24, 2.45) is 5.92 Å². The molecule has 0 amide bonds. The highest BCUT2D eigenvalue weighted by molar-refractivity contribution is 8.00. The molecule has 8 nitrogen and oxygen atoms in total. The van der Waals surface area contributed by atoms with E-state index in [1.807, 2.05) is 0 Å². The standard InChI is InChI=1S/C20H17ClN2O6S/c21-16-14(30-13-7-2-1-6-12(13)23(28)29)8-11-15(16)9-4-3-5-10(19(24)25)17(9)22-18(11)20(26)27/h1-7,11,14-16,18,22H,8H2,(H,24,25)(H,26,27)/t11-,14+,15+,16+,18+/m1/s1. The van der Waals surface area contributed by atoms with Gasteiger partial charge in [-0.1, -0.05) is 24.3 Å². The van der Waals surface area contributed by atoms with E-state index in [4.69, 9.17) is 11.6 Å². The van der Waals surface area contributed by atoms with Gasteiger partial charge in [-0.15, -0.1) is 23.4 Å². The first-order valence-electron chi connectivity index (χ1n) is 9.19. The van der Waals surface area contributed by atoms with Crippen molar-refractivity contribution in [3.05, 3.63) is 63.7 Å². The Morgan fingerprint density at radius 2 is 1.90 bits per heavy atom. The lowest BCUT2D eigenvalue weighted by molar-refractivity contribution is -0.387. The number of hydrogen-bond donors (Lipinski definition) is 3. The van der Waals surface area contributed by atoms with Gasteiger partial charge in [0.1, 0.15) is 6.04 Å². The molecule has 156 valence electrons. The Morgan fingerprint density at radius 3 is 2.57 bits per heavy atom. The molecular formula is C20H17ClN2O6S. The molecule has 0 saturated heterocycles. The number of para-hydroxylation sites is 2. The monoisotopic (exact) mass is 448 g/mol. The third-order valence-corrected chi connectivity index (χ3v) is 7.80. The van der Waals surface area contributed by atoms with Crippen LogP contribution < -0.4 is 5.32 Å². The van der Waals surface area contributed by atoms with Gasteiger partial charge < -0.3 is 15.5 Å². The van der Waals surface area contributed by atoms with Crippen LogP contribution >= 0.6 is 23.4 Å². The molecule has 0 unspecified atom stereocenters. The Balaban J connectivity index is 1.73. The average Bonchev–Trinajstić information content (AvgIpc) is 3.03. The molecule has 5 atom stereocenters. The molecule has 1 saturated carbocycles. The van der Waals surface area contributed by atoms with Gasteiger partial charge in [0.25, 0.3) is 5.69 Å². The number of anilines is 1. The van der Waals surface area contributed by atoms with Gasteiger partial charge in [-0.25, -0.2) is 9.59 Å². The molecule has 0 aromatic heterocycles. The number of halogens is 1. The van der Waals surface area contributed by atoms with Crippen molar-refractivity contribution in [3.63, 3.8) is 0 Å². The molecule has 4 rings (SSSR count). The quantitative estimate of drug-likeness (QED) is 0.355. The number of nitrogens with zero attached hydrogens (tertiary/aromatic N) is 1. The molecular weight excluding hydrogens is 432 g/mol. The predicted octanol–water partition coefficient (Wildman–Crippen LogP) is 4.04. The molecule has 1 heterocycles. The Labute approximate surface area is 180 Å². The number of nitro benzene ring substituents is 1. The van der Waals surface area contributed by atoms with Gasteiger partial charge in [0.15, 0.2) is 0 Å². The lowest BCUT2D eigenvalue weighted by Gasteiger charge is -2.36. The van der Waals surface area contributed by atoms with Crippen LogP contribution in [0.5, 0.6) is 0 Å². The number of nitrogens with one attached hydrogen (secondary N) is 1. The Hall–Kier alpha value is -2.78. The highest BCUT2D eigenvalue weighted by Gasteiger charge is 2.52. The van der Waals surface area contributed by atoms with E-state index in [0.29, 0.717) is 16.9 Å². The van der Waals surface area contributed by atoms with E-state index in [9.17, 15) is 29.9 Å². The number of carboxylic acids is 2. The third-order valence-electron chi connectivity index (χ3n) is 5.68. The molecule has 0 spiro atoms. The van der Waals surface area contributed by atoms with E-state index < -0.39 is 28.3 Å². The number of carboxylic acid groups (broad SMARTS) is 2. The molecule has 1 fully saturated rings. The van der Waals surface area contributed by atoms with E-state index in [-0.39, 0.29) is 34.0 Å². The minimum atomic E-state index is -1.16. The van der Waals surface area contributed by atoms with Crippen LogP contribution in [-0.2, 0) is 4.79 Å². The molecule has 30 heavy (non-hydrogen) atoms. The zero-order valence-corrected chi connectivity index (χ0v) is 17.0. The summed E-state index contributed by atoms with van der Waals surface area (Å²) in [7, 11) is 0. The number of carbonyl (C=O) groups is 2. The zero-order chi connectivity index (χ0) is 21.6. The number of nitro groups is 1. The van der Waals surface area contributed by atoms with Crippen molar-refractivity contribution in [2.45, 2.75) is 33.9 Å². The Morgan fingerprint density at radius 1 is 1.17 bits per heavy atom. The lowest BCUT2D eigenvalue weighted by Crippen LogP contribution is -2.43. The SMILES string of the molecule is O=C(O)c1cccc2c1N[C@H](C(=O)O)[C@@H]1C[C@H](Sc3ccccc3[N+](=O)[O-])[C@H](Cl)[C@@H]21. The lowest BCUT2D eigenvalue weighted by atomic mass is 9.78. The fraction of sp³-hybridized carbons (Fsp3) is 0.300. The van der Waals surface area contributed by atoms with Gasteiger partial charge in [-0.05, 0) is 30.0 Å². The molecule has 2 aromatic carbocycles. The van der Waals surface area contributed by atoms with E-state index in [1.165, 1.54) is 23.9 Å². The predicted molar refractivity (Wildman–Crippen MR) is 112 cm³/mol. The van der Waals surface area contributed by atoms with E-state index in [0.717, 1.165) is 0 Å². The number of benzene rings is 2. The van der Waals surface area contributed by atoms with Crippen LogP contribution in [0.15, 0.2) is 47.4 Å². The molecule has 0 bridgehead atoms. The van der Waals surface area contributed by atoms with Crippen molar-refractivity contribution in [3.8, 4) is 0 Å². The summed E-state index contributed by atoms with van der Waals surface area (Å²) >= 11 is 8.07. The number of hydrogen-bond acceptors (Lipinski definition) is 6. The van der Waals surface area contributed by atoms with Gasteiger partial charge >= 0.3 is 11.9 Å². The Bertz CT molecular complexity index is 1050. The van der Waals surface area contributed by atoms with Crippen molar-refractivity contribution in [1.82, 2.24) is 0 Å². The molecule has 10 heteroatoms. The number of thioether (sulfide) groups is 1. The van der Waals surface area contributed by atoms with Gasteiger partial charge in [0, 0.05) is 17.2 Å². The highest BCUT2D eigenvalue weighted by Crippen LogP contribution is 2.55. The molecule has 2 aromatic rings. The smallest absolute Gasteiger partial charge is 0.337 e. The van der Waals surface area contributed by atoms with Gasteiger partial charge in [0.2, 0.25) is 0 Å². The van der Waals surface area contributed by atoms with Crippen molar-refractivity contribution in [1.29, 1.82) is 0 Å². The zero-order valence-electron chi connectivity index (χ0n) is 15.4. The van der Waals surface area contributed by atoms with Crippen molar-refractivity contribution >= 4 is 46.7 Å². The molecule has 0 radical (unpaired) electrons. The van der Waals surface area contributed by atoms with Gasteiger partial charge in [0.05, 0.1) is 26.4 Å². The maximum Gasteiger partial charge on any atom is 0.337 e. The first-order chi connectivity index (χ1) is 14.3. The number of alkyl halides is 1. The van der Waals surface area contributed by atoms with Crippen LogP contribution in [0.3, 0.4) is 0 Å². The number of aliphatic carboxylic acids is 1. The summed E-state index contributed by atoms with van der Waals surface area (Å²) in [6.07, 6.45) is 0.427. The molecule has 1 aliphatic heterocycles. The summed E-state index contributed by atoms with van der Waals surface area (Å²) < 4.78 is 0. The maximum atomic E-state index is 12.0. The summed E-state index contributed by atoms with van der Waals surface area (Å²) in [5.41, 5.74) is 0.919. The second kappa shape index (κ2) is 7.81. The van der Waals surface area contributed by atoms with Gasteiger partial charge in [-0.2, -0.15) is 0 Å². The fourth-order valence-corrected chi connectivity index (χ4v) is 6.38. The maximum absolute atomic E-state index is 12.0. The average molecular weight is 449 g/mol. The topological polar surface area (TPSA) is 130 Å². The summed E-state index contributed by atoms with van der Waals surface area (Å²) in [5.74, 6) is -3.00. The van der Waals surface area contributed by atoms with Crippen LogP contribution in [0.2, 0.25) is 0 Å². The first kappa shape index (κ1) is 20.5. The number of fused-ring (bicyclic) bond motifs is 3. The van der Waals surface area contributed by atoms with Crippen LogP contribution in [-0.4, -0.2) is 43.7 Å². The van der Waals surface area contributed by atoms with Crippen LogP contribution in [0.25, 0.3) is 0 Å². The minimum Gasteiger partial charge on any atom is -0.480 e. The minimum absolute atomic E-state index is 0.00383. The van der Waals surface area contributed by atoms with Crippen LogP contribution in [0, 0.1) is 16.0 Å². The van der Waals surface area contributed by atoms with Gasteiger partial charge in [-0.3, -0.25) is 10.1 Å². The van der Waals surface area contributed by atoms with Crippen molar-refractivity contribution in [2.75, 3.05) is 5.32 Å². The number of rotatable bonds is 5. The first-order valence-corrected chi connectivity index (χ1v) is 10.5. The summed E-state index contributed by atoms with van der Waals surface area (Å²) in [5, 5.41) is 32.7. The van der Waals surface area contributed by atoms with E-state index >= 15 is 0 Å². The Kier molecular flexibility index (Phi) is 5.33. The number of aromatic carboxylic acids is 1. The molecule has 3 N–H and O–H groups in total. The van der Waals surface area contributed by atoms with Crippen molar-refractivity contribution < 1.29 is 24.7 Å². The normalized spacial score (nSPS) is 26.9. The second-order valence-corrected chi connectivity index (χ2v) is 9.07. The summed E-state index contributed by atoms with van der Waals surface area (Å²) in [4.78, 5) is 35.0. The van der Waals surface area contributed by atoms with Crippen LogP contribution in [0.1, 0.15) is 28.3 Å². The second-order valence-electron chi connectivity index (χ2n) is 7.29. The molecule has 1 aliphatic carbocycles. The third kappa shape index (κ3) is 3.37. The summed E-state index contributed by atoms with van der Waals surface area (Å²) in [6, 6.07) is 10.2. The summed E-state index contributed by atoms with van der Waals surface area (Å²) in [6.45, 7) is 0. The van der Waals surface area contributed by atoms with E-state index in [1.54, 1.807) is 30.3 Å². The highest BCUT2D eigenvalue weighted by atomic mass is 35.5. The molecule has 2 aliphatic rings. The fourth-order valence-electron chi connectivity index (χ4n) is 4.44.